The van der Waals surface area contributed by atoms with E-state index >= 15 is 0 Å². The van der Waals surface area contributed by atoms with Gasteiger partial charge in [0.2, 0.25) is 15.9 Å². The van der Waals surface area contributed by atoms with E-state index in [-0.39, 0.29) is 22.6 Å². The summed E-state index contributed by atoms with van der Waals surface area (Å²) in [5, 5.41) is 0. The Kier molecular flexibility index (Phi) is 7.18. The average Bonchev–Trinajstić information content (AvgIpc) is 3.21. The topological polar surface area (TPSA) is 101 Å². The minimum atomic E-state index is -3.85. The molecule has 9 heteroatoms. The first-order valence-electron chi connectivity index (χ1n) is 11.1. The number of sulfonamides is 1. The molecule has 1 aromatic rings. The standard InChI is InChI=1S/C22H34N2O5S2/c1-4-15-30(26,27)23-19-9-13-24(14-10-19)21(25)22(11-5-6-12-22)31(28,29)20-16-17(2)7-8-18(20)3/h7-8,16,19,23H,4-6,9-15H2,1-3H3. The lowest BCUT2D eigenvalue weighted by molar-refractivity contribution is -0.135. The Morgan fingerprint density at radius 2 is 1.71 bits per heavy atom. The van der Waals surface area contributed by atoms with E-state index in [1.165, 1.54) is 0 Å². The van der Waals surface area contributed by atoms with Crippen molar-refractivity contribution in [3.63, 3.8) is 0 Å². The third-order valence-electron chi connectivity index (χ3n) is 6.55. The number of carbonyl (C=O) groups is 1. The predicted octanol–water partition coefficient (Wildman–Crippen LogP) is 2.71. The van der Waals surface area contributed by atoms with Gasteiger partial charge in [-0.2, -0.15) is 0 Å². The van der Waals surface area contributed by atoms with Crippen LogP contribution in [0.4, 0.5) is 0 Å². The van der Waals surface area contributed by atoms with Crippen LogP contribution in [0.5, 0.6) is 0 Å². The zero-order valence-electron chi connectivity index (χ0n) is 18.7. The molecule has 3 rings (SSSR count). The van der Waals surface area contributed by atoms with E-state index in [1.54, 1.807) is 24.0 Å². The first-order chi connectivity index (χ1) is 14.5. The molecule has 1 amide bonds. The van der Waals surface area contributed by atoms with E-state index in [2.05, 4.69) is 4.72 Å². The summed E-state index contributed by atoms with van der Waals surface area (Å²) in [6, 6.07) is 5.13. The molecule has 7 nitrogen and oxygen atoms in total. The number of hydrogen-bond acceptors (Lipinski definition) is 5. The Balaban J connectivity index is 1.81. The normalized spacial score (nSPS) is 20.2. The fourth-order valence-electron chi connectivity index (χ4n) is 4.82. The molecule has 1 N–H and O–H groups in total. The molecule has 0 bridgehead atoms. The lowest BCUT2D eigenvalue weighted by atomic mass is 10.0. The van der Waals surface area contributed by atoms with Gasteiger partial charge in [0.25, 0.3) is 0 Å². The zero-order valence-corrected chi connectivity index (χ0v) is 20.3. The SMILES string of the molecule is CCCS(=O)(=O)NC1CCN(C(=O)C2(S(=O)(=O)c3cc(C)ccc3C)CCCC2)CC1. The Bertz CT molecular complexity index is 1020. The number of carbonyl (C=O) groups excluding carboxylic acids is 1. The van der Waals surface area contributed by atoms with Crippen LogP contribution in [-0.4, -0.2) is 57.3 Å². The third kappa shape index (κ3) is 4.83. The fraction of sp³-hybridized carbons (Fsp3) is 0.682. The second kappa shape index (κ2) is 9.19. The minimum Gasteiger partial charge on any atom is -0.341 e. The van der Waals surface area contributed by atoms with E-state index in [1.807, 2.05) is 19.9 Å². The summed E-state index contributed by atoms with van der Waals surface area (Å²) in [6.45, 7) is 6.17. The van der Waals surface area contributed by atoms with Crippen LogP contribution in [0.15, 0.2) is 23.1 Å². The summed E-state index contributed by atoms with van der Waals surface area (Å²) in [5.74, 6) is -0.232. The van der Waals surface area contributed by atoms with Crippen LogP contribution >= 0.6 is 0 Å². The summed E-state index contributed by atoms with van der Waals surface area (Å²) in [6.07, 6.45) is 3.63. The number of hydrogen-bond donors (Lipinski definition) is 1. The molecule has 1 saturated heterocycles. The predicted molar refractivity (Wildman–Crippen MR) is 121 cm³/mol. The third-order valence-corrected chi connectivity index (χ3v) is 10.8. The molecule has 0 aromatic heterocycles. The highest BCUT2D eigenvalue weighted by Crippen LogP contribution is 2.43. The molecule has 1 heterocycles. The highest BCUT2D eigenvalue weighted by molar-refractivity contribution is 7.93. The first kappa shape index (κ1) is 24.2. The molecule has 1 aliphatic heterocycles. The lowest BCUT2D eigenvalue weighted by Crippen LogP contribution is -2.56. The molecule has 0 unspecified atom stereocenters. The maximum atomic E-state index is 13.8. The number of nitrogens with zero attached hydrogens (tertiary/aromatic N) is 1. The maximum absolute atomic E-state index is 13.8. The van der Waals surface area contributed by atoms with Crippen LogP contribution in [0.1, 0.15) is 63.0 Å². The van der Waals surface area contributed by atoms with Crippen molar-refractivity contribution in [1.82, 2.24) is 9.62 Å². The second-order valence-electron chi connectivity index (χ2n) is 8.98. The smallest absolute Gasteiger partial charge is 0.244 e. The summed E-state index contributed by atoms with van der Waals surface area (Å²) in [7, 11) is -7.17. The van der Waals surface area contributed by atoms with Gasteiger partial charge in [-0.25, -0.2) is 21.6 Å². The highest BCUT2D eigenvalue weighted by Gasteiger charge is 2.55. The minimum absolute atomic E-state index is 0.0866. The average molecular weight is 471 g/mol. The van der Waals surface area contributed by atoms with E-state index in [0.717, 1.165) is 5.56 Å². The van der Waals surface area contributed by atoms with E-state index in [4.69, 9.17) is 0 Å². The van der Waals surface area contributed by atoms with E-state index < -0.39 is 24.6 Å². The number of nitrogens with one attached hydrogen (secondary N) is 1. The van der Waals surface area contributed by atoms with Crippen molar-refractivity contribution in [2.45, 2.75) is 81.4 Å². The van der Waals surface area contributed by atoms with Gasteiger partial charge in [0.05, 0.1) is 10.6 Å². The molecular weight excluding hydrogens is 436 g/mol. The van der Waals surface area contributed by atoms with Crippen LogP contribution < -0.4 is 4.72 Å². The largest absolute Gasteiger partial charge is 0.341 e. The fourth-order valence-corrected chi connectivity index (χ4v) is 8.66. The summed E-state index contributed by atoms with van der Waals surface area (Å²) < 4.78 is 53.0. The quantitative estimate of drug-likeness (QED) is 0.660. The summed E-state index contributed by atoms with van der Waals surface area (Å²) in [5.41, 5.74) is 1.51. The van der Waals surface area contributed by atoms with Crippen molar-refractivity contribution < 1.29 is 21.6 Å². The Labute approximate surface area is 186 Å². The van der Waals surface area contributed by atoms with Crippen LogP contribution in [-0.2, 0) is 24.7 Å². The number of sulfone groups is 1. The lowest BCUT2D eigenvalue weighted by Gasteiger charge is -2.38. The molecule has 0 spiro atoms. The molecule has 1 aliphatic carbocycles. The van der Waals surface area contributed by atoms with Crippen LogP contribution in [0.25, 0.3) is 0 Å². The molecule has 0 atom stereocenters. The number of piperidine rings is 1. The van der Waals surface area contributed by atoms with Crippen molar-refractivity contribution in [3.05, 3.63) is 29.3 Å². The van der Waals surface area contributed by atoms with Gasteiger partial charge in [-0.3, -0.25) is 4.79 Å². The van der Waals surface area contributed by atoms with Gasteiger partial charge < -0.3 is 4.90 Å². The number of aryl methyl sites for hydroxylation is 2. The number of amides is 1. The first-order valence-corrected chi connectivity index (χ1v) is 14.3. The number of benzene rings is 1. The van der Waals surface area contributed by atoms with Gasteiger partial charge in [-0.05, 0) is 63.1 Å². The molecule has 31 heavy (non-hydrogen) atoms. The van der Waals surface area contributed by atoms with Gasteiger partial charge in [0.15, 0.2) is 14.6 Å². The monoisotopic (exact) mass is 470 g/mol. The molecule has 2 aliphatic rings. The zero-order chi connectivity index (χ0) is 22.9. The van der Waals surface area contributed by atoms with Crippen LogP contribution in [0.3, 0.4) is 0 Å². The Hall–Kier alpha value is -1.45. The van der Waals surface area contributed by atoms with Gasteiger partial charge in [-0.15, -0.1) is 0 Å². The molecule has 1 aromatic carbocycles. The van der Waals surface area contributed by atoms with E-state index in [0.29, 0.717) is 63.6 Å². The second-order valence-corrected chi connectivity index (χ2v) is 13.1. The van der Waals surface area contributed by atoms with Crippen LogP contribution in [0.2, 0.25) is 0 Å². The van der Waals surface area contributed by atoms with Gasteiger partial charge in [0.1, 0.15) is 0 Å². The van der Waals surface area contributed by atoms with Crippen LogP contribution in [0, 0.1) is 13.8 Å². The van der Waals surface area contributed by atoms with Gasteiger partial charge >= 0.3 is 0 Å². The Morgan fingerprint density at radius 3 is 2.29 bits per heavy atom. The molecular formula is C22H34N2O5S2. The molecule has 1 saturated carbocycles. The van der Waals surface area contributed by atoms with Crippen molar-refractivity contribution in [1.29, 1.82) is 0 Å². The molecule has 174 valence electrons. The van der Waals surface area contributed by atoms with Gasteiger partial charge in [0, 0.05) is 19.1 Å². The maximum Gasteiger partial charge on any atom is 0.244 e. The van der Waals surface area contributed by atoms with Crippen molar-refractivity contribution >= 4 is 25.8 Å². The summed E-state index contributed by atoms with van der Waals surface area (Å²) >= 11 is 0. The number of likely N-dealkylation sites (tertiary alicyclic amines) is 1. The van der Waals surface area contributed by atoms with Crippen molar-refractivity contribution in [2.75, 3.05) is 18.8 Å². The molecule has 0 radical (unpaired) electrons. The highest BCUT2D eigenvalue weighted by atomic mass is 32.2. The van der Waals surface area contributed by atoms with Crippen molar-refractivity contribution in [3.8, 4) is 0 Å². The van der Waals surface area contributed by atoms with E-state index in [9.17, 15) is 21.6 Å². The Morgan fingerprint density at radius 1 is 1.10 bits per heavy atom. The van der Waals surface area contributed by atoms with Crippen molar-refractivity contribution in [2.24, 2.45) is 0 Å². The number of rotatable bonds is 7. The van der Waals surface area contributed by atoms with Gasteiger partial charge in [-0.1, -0.05) is 31.9 Å². The molecule has 2 fully saturated rings. The summed E-state index contributed by atoms with van der Waals surface area (Å²) in [4.78, 5) is 15.5.